The van der Waals surface area contributed by atoms with Crippen molar-refractivity contribution in [3.63, 3.8) is 0 Å². The number of para-hydroxylation sites is 1. The molecule has 1 fully saturated rings. The van der Waals surface area contributed by atoms with Crippen LogP contribution in [-0.4, -0.2) is 42.9 Å². The zero-order chi connectivity index (χ0) is 23.4. The van der Waals surface area contributed by atoms with Crippen LogP contribution in [-0.2, 0) is 9.59 Å². The van der Waals surface area contributed by atoms with Gasteiger partial charge in [0.05, 0.1) is 16.4 Å². The van der Waals surface area contributed by atoms with E-state index in [1.807, 2.05) is 24.3 Å². The van der Waals surface area contributed by atoms with Crippen molar-refractivity contribution >= 4 is 52.5 Å². The summed E-state index contributed by atoms with van der Waals surface area (Å²) in [4.78, 5) is 28.1. The Bertz CT molecular complexity index is 1180. The van der Waals surface area contributed by atoms with Gasteiger partial charge in [-0.3, -0.25) is 9.59 Å². The first-order valence-electron chi connectivity index (χ1n) is 10.5. The normalized spacial score (nSPS) is 14.0. The lowest BCUT2D eigenvalue weighted by Crippen LogP contribution is -2.48. The van der Waals surface area contributed by atoms with E-state index in [1.54, 1.807) is 48.2 Å². The largest absolute Gasteiger partial charge is 0.457 e. The number of anilines is 2. The maximum Gasteiger partial charge on any atom is 0.248 e. The van der Waals surface area contributed by atoms with E-state index in [0.29, 0.717) is 53.4 Å². The van der Waals surface area contributed by atoms with Gasteiger partial charge in [-0.1, -0.05) is 29.3 Å². The number of carbonyl (C=O) groups is 2. The quantitative estimate of drug-likeness (QED) is 0.481. The Morgan fingerprint density at radius 3 is 2.39 bits per heavy atom. The molecule has 1 aromatic heterocycles. The Labute approximate surface area is 202 Å². The second-order valence-electron chi connectivity index (χ2n) is 7.66. The van der Waals surface area contributed by atoms with Crippen LogP contribution in [0, 0.1) is 0 Å². The fourth-order valence-electron chi connectivity index (χ4n) is 3.73. The molecular formula is C25H23Cl2N3O3. The molecule has 0 saturated carbocycles. The Kier molecular flexibility index (Phi) is 7.06. The Hall–Kier alpha value is -3.22. The number of furan rings is 1. The van der Waals surface area contributed by atoms with Gasteiger partial charge in [-0.2, -0.15) is 0 Å². The molecule has 4 rings (SSSR count). The van der Waals surface area contributed by atoms with Gasteiger partial charge in [-0.15, -0.1) is 0 Å². The van der Waals surface area contributed by atoms with E-state index in [1.165, 1.54) is 6.08 Å². The van der Waals surface area contributed by atoms with E-state index >= 15 is 0 Å². The Morgan fingerprint density at radius 1 is 0.970 bits per heavy atom. The predicted octanol–water partition coefficient (Wildman–Crippen LogP) is 5.57. The third-order valence-electron chi connectivity index (χ3n) is 5.44. The third-order valence-corrected chi connectivity index (χ3v) is 6.00. The molecule has 1 aliphatic heterocycles. The van der Waals surface area contributed by atoms with Gasteiger partial charge in [-0.25, -0.2) is 0 Å². The fraction of sp³-hybridized carbons (Fsp3) is 0.200. The lowest BCUT2D eigenvalue weighted by molar-refractivity contribution is -0.129. The second kappa shape index (κ2) is 10.1. The summed E-state index contributed by atoms with van der Waals surface area (Å²) in [6.45, 7) is 4.08. The first-order chi connectivity index (χ1) is 15.9. The number of hydrogen-bond acceptors (Lipinski definition) is 4. The van der Waals surface area contributed by atoms with E-state index in [4.69, 9.17) is 27.6 Å². The molecule has 1 N–H and O–H groups in total. The third kappa shape index (κ3) is 5.59. The van der Waals surface area contributed by atoms with E-state index in [9.17, 15) is 9.59 Å². The summed E-state index contributed by atoms with van der Waals surface area (Å²) in [6.07, 6.45) is 3.04. The first kappa shape index (κ1) is 23.0. The minimum Gasteiger partial charge on any atom is -0.457 e. The summed E-state index contributed by atoms with van der Waals surface area (Å²) in [5, 5.41) is 4.11. The van der Waals surface area contributed by atoms with Gasteiger partial charge in [0.15, 0.2) is 0 Å². The zero-order valence-electron chi connectivity index (χ0n) is 18.1. The summed E-state index contributed by atoms with van der Waals surface area (Å²) in [7, 11) is 0. The van der Waals surface area contributed by atoms with Crippen LogP contribution in [0.1, 0.15) is 12.7 Å². The average Bonchev–Trinajstić information content (AvgIpc) is 3.27. The summed E-state index contributed by atoms with van der Waals surface area (Å²) < 4.78 is 5.81. The molecule has 2 heterocycles. The highest BCUT2D eigenvalue weighted by molar-refractivity contribution is 6.34. The number of nitrogens with one attached hydrogen (secondary N) is 1. The van der Waals surface area contributed by atoms with Crippen molar-refractivity contribution in [2.24, 2.45) is 0 Å². The zero-order valence-corrected chi connectivity index (χ0v) is 19.6. The highest BCUT2D eigenvalue weighted by Crippen LogP contribution is 2.34. The molecule has 2 aromatic carbocycles. The molecule has 0 unspecified atom stereocenters. The summed E-state index contributed by atoms with van der Waals surface area (Å²) in [5.41, 5.74) is 2.28. The summed E-state index contributed by atoms with van der Waals surface area (Å²) in [5.74, 6) is 1.00. The lowest BCUT2D eigenvalue weighted by atomic mass is 10.2. The maximum atomic E-state index is 12.6. The van der Waals surface area contributed by atoms with Gasteiger partial charge >= 0.3 is 0 Å². The van der Waals surface area contributed by atoms with Crippen molar-refractivity contribution < 1.29 is 14.0 Å². The number of halogens is 2. The van der Waals surface area contributed by atoms with Gasteiger partial charge in [0.1, 0.15) is 11.5 Å². The highest BCUT2D eigenvalue weighted by Gasteiger charge is 2.22. The molecule has 2 amide bonds. The number of benzene rings is 2. The number of amides is 2. The van der Waals surface area contributed by atoms with Crippen molar-refractivity contribution in [1.82, 2.24) is 4.90 Å². The van der Waals surface area contributed by atoms with Crippen molar-refractivity contribution in [1.29, 1.82) is 0 Å². The van der Waals surface area contributed by atoms with Crippen LogP contribution in [0.4, 0.5) is 11.4 Å². The molecule has 33 heavy (non-hydrogen) atoms. The molecule has 0 aliphatic carbocycles. The SMILES string of the molecule is CC(=O)N1CCN(c2c(Cl)cccc2NC(=O)/C=C/c2ccc(-c3ccc(Cl)cc3)o2)CC1. The van der Waals surface area contributed by atoms with Crippen LogP contribution < -0.4 is 10.2 Å². The van der Waals surface area contributed by atoms with Crippen LogP contribution in [0.5, 0.6) is 0 Å². The van der Waals surface area contributed by atoms with Crippen LogP contribution in [0.3, 0.4) is 0 Å². The fourth-order valence-corrected chi connectivity index (χ4v) is 4.15. The number of carbonyl (C=O) groups excluding carboxylic acids is 2. The van der Waals surface area contributed by atoms with E-state index in [-0.39, 0.29) is 11.8 Å². The maximum absolute atomic E-state index is 12.6. The number of hydrogen-bond donors (Lipinski definition) is 1. The Morgan fingerprint density at radius 2 is 1.70 bits per heavy atom. The summed E-state index contributed by atoms with van der Waals surface area (Å²) in [6, 6.07) is 16.4. The standard InChI is InChI=1S/C25H23Cl2N3O3/c1-17(31)29-13-15-30(16-14-29)25-21(27)3-2-4-22(25)28-24(32)12-10-20-9-11-23(33-20)18-5-7-19(26)8-6-18/h2-12H,13-16H2,1H3,(H,28,32)/b12-10+. The second-order valence-corrected chi connectivity index (χ2v) is 8.50. The van der Waals surface area contributed by atoms with Gasteiger partial charge in [-0.05, 0) is 54.6 Å². The molecule has 1 saturated heterocycles. The molecule has 8 heteroatoms. The van der Waals surface area contributed by atoms with Crippen LogP contribution in [0.25, 0.3) is 17.4 Å². The van der Waals surface area contributed by atoms with Crippen LogP contribution >= 0.6 is 23.2 Å². The molecule has 0 radical (unpaired) electrons. The van der Waals surface area contributed by atoms with Crippen LogP contribution in [0.2, 0.25) is 10.0 Å². The Balaban J connectivity index is 1.44. The molecule has 0 atom stereocenters. The molecule has 1 aliphatic rings. The van der Waals surface area contributed by atoms with Gasteiger partial charge in [0.25, 0.3) is 0 Å². The van der Waals surface area contributed by atoms with E-state index < -0.39 is 0 Å². The van der Waals surface area contributed by atoms with E-state index in [0.717, 1.165) is 11.3 Å². The lowest BCUT2D eigenvalue weighted by Gasteiger charge is -2.36. The minimum absolute atomic E-state index is 0.0598. The highest BCUT2D eigenvalue weighted by atomic mass is 35.5. The van der Waals surface area contributed by atoms with Crippen LogP contribution in [0.15, 0.2) is 65.1 Å². The molecule has 6 nitrogen and oxygen atoms in total. The van der Waals surface area contributed by atoms with Gasteiger partial charge in [0, 0.05) is 49.8 Å². The van der Waals surface area contributed by atoms with Crippen molar-refractivity contribution in [3.05, 3.63) is 76.5 Å². The molecule has 170 valence electrons. The summed E-state index contributed by atoms with van der Waals surface area (Å²) >= 11 is 12.4. The smallest absolute Gasteiger partial charge is 0.248 e. The number of nitrogens with zero attached hydrogens (tertiary/aromatic N) is 2. The topological polar surface area (TPSA) is 65.8 Å². The van der Waals surface area contributed by atoms with Gasteiger partial charge in [0.2, 0.25) is 11.8 Å². The minimum atomic E-state index is -0.301. The number of piperazine rings is 1. The predicted molar refractivity (Wildman–Crippen MR) is 133 cm³/mol. The van der Waals surface area contributed by atoms with Crippen molar-refractivity contribution in [2.45, 2.75) is 6.92 Å². The molecular weight excluding hydrogens is 461 g/mol. The van der Waals surface area contributed by atoms with Gasteiger partial charge < -0.3 is 19.5 Å². The first-order valence-corrected chi connectivity index (χ1v) is 11.3. The monoisotopic (exact) mass is 483 g/mol. The van der Waals surface area contributed by atoms with E-state index in [2.05, 4.69) is 10.2 Å². The average molecular weight is 484 g/mol. The van der Waals surface area contributed by atoms with Crippen molar-refractivity contribution in [2.75, 3.05) is 36.4 Å². The molecule has 0 spiro atoms. The number of rotatable bonds is 5. The molecule has 0 bridgehead atoms. The van der Waals surface area contributed by atoms with Crippen molar-refractivity contribution in [3.8, 4) is 11.3 Å². The molecule has 3 aromatic rings.